The van der Waals surface area contributed by atoms with Crippen molar-refractivity contribution in [2.45, 2.75) is 57.6 Å². The lowest BCUT2D eigenvalue weighted by atomic mass is 9.95. The van der Waals surface area contributed by atoms with Gasteiger partial charge in [-0.05, 0) is 38.3 Å². The van der Waals surface area contributed by atoms with E-state index in [2.05, 4.69) is 0 Å². The van der Waals surface area contributed by atoms with E-state index in [9.17, 15) is 13.2 Å². The quantitative estimate of drug-likeness (QED) is 0.626. The van der Waals surface area contributed by atoms with Gasteiger partial charge in [0.1, 0.15) is 0 Å². The third-order valence-electron chi connectivity index (χ3n) is 5.31. The van der Waals surface area contributed by atoms with Crippen molar-refractivity contribution in [2.24, 2.45) is 5.92 Å². The van der Waals surface area contributed by atoms with Crippen LogP contribution >= 0.6 is 0 Å². The molecule has 0 aliphatic carbocycles. The lowest BCUT2D eigenvalue weighted by Crippen LogP contribution is -2.48. The number of halogens is 3. The summed E-state index contributed by atoms with van der Waals surface area (Å²) in [6.45, 7) is 4.42. The first-order valence-corrected chi connectivity index (χ1v) is 10.3. The van der Waals surface area contributed by atoms with Gasteiger partial charge in [-0.2, -0.15) is 4.39 Å². The van der Waals surface area contributed by atoms with Crippen molar-refractivity contribution in [3.8, 4) is 5.75 Å². The van der Waals surface area contributed by atoms with E-state index in [1.54, 1.807) is 13.0 Å². The first-order valence-electron chi connectivity index (χ1n) is 10.3. The van der Waals surface area contributed by atoms with E-state index in [1.165, 1.54) is 18.2 Å². The predicted molar refractivity (Wildman–Crippen MR) is 103 cm³/mol. The van der Waals surface area contributed by atoms with Crippen LogP contribution in [0.3, 0.4) is 0 Å². The topological polar surface area (TPSA) is 36.9 Å². The second kappa shape index (κ2) is 9.96. The van der Waals surface area contributed by atoms with E-state index in [1.807, 2.05) is 6.92 Å². The van der Waals surface area contributed by atoms with Crippen LogP contribution in [0, 0.1) is 17.6 Å². The summed E-state index contributed by atoms with van der Waals surface area (Å²) in [5.41, 5.74) is -1.26. The Balaban J connectivity index is 1.50. The van der Waals surface area contributed by atoms with E-state index in [-0.39, 0.29) is 43.2 Å². The molecule has 0 radical (unpaired) electrons. The van der Waals surface area contributed by atoms with Crippen LogP contribution in [0.4, 0.5) is 13.2 Å². The number of rotatable bonds is 7. The Hall–Kier alpha value is -1.57. The van der Waals surface area contributed by atoms with Gasteiger partial charge in [-0.25, -0.2) is 8.78 Å². The fourth-order valence-corrected chi connectivity index (χ4v) is 3.73. The number of hydrogen-bond acceptors (Lipinski definition) is 4. The van der Waals surface area contributed by atoms with Gasteiger partial charge in [-0.3, -0.25) is 0 Å². The molecule has 3 rings (SSSR count). The van der Waals surface area contributed by atoms with Gasteiger partial charge in [-0.1, -0.05) is 25.5 Å². The third kappa shape index (κ3) is 5.53. The van der Waals surface area contributed by atoms with Crippen molar-refractivity contribution < 1.29 is 32.1 Å². The average molecular weight is 414 g/mol. The van der Waals surface area contributed by atoms with E-state index in [0.717, 1.165) is 12.8 Å². The molecule has 2 aliphatic heterocycles. The normalized spacial score (nSPS) is 30.6. The van der Waals surface area contributed by atoms with E-state index in [4.69, 9.17) is 18.9 Å². The molecule has 1 aromatic rings. The molecule has 0 saturated carbocycles. The molecule has 2 atom stereocenters. The lowest BCUT2D eigenvalue weighted by molar-refractivity contribution is -0.264. The largest absolute Gasteiger partial charge is 0.491 e. The van der Waals surface area contributed by atoms with Gasteiger partial charge in [0.2, 0.25) is 5.82 Å². The first kappa shape index (κ1) is 22.1. The molecule has 0 aromatic heterocycles. The van der Waals surface area contributed by atoms with Crippen molar-refractivity contribution in [1.82, 2.24) is 0 Å². The van der Waals surface area contributed by atoms with Crippen LogP contribution in [-0.4, -0.2) is 44.5 Å². The van der Waals surface area contributed by atoms with Crippen LogP contribution in [0.2, 0.25) is 0 Å². The fraction of sp³-hybridized carbons (Fsp3) is 0.636. The molecule has 0 amide bonds. The van der Waals surface area contributed by atoms with Crippen LogP contribution in [0.25, 0.3) is 6.08 Å². The molecule has 0 spiro atoms. The van der Waals surface area contributed by atoms with Crippen molar-refractivity contribution in [1.29, 1.82) is 0 Å². The van der Waals surface area contributed by atoms with Crippen LogP contribution in [0.1, 0.15) is 45.1 Å². The van der Waals surface area contributed by atoms with E-state index < -0.39 is 23.6 Å². The maximum atomic E-state index is 14.4. The summed E-state index contributed by atoms with van der Waals surface area (Å²) in [6.07, 6.45) is 5.24. The maximum Gasteiger partial charge on any atom is 0.201 e. The smallest absolute Gasteiger partial charge is 0.201 e. The highest BCUT2D eigenvalue weighted by Crippen LogP contribution is 2.32. The first-order chi connectivity index (χ1) is 14.0. The lowest BCUT2D eigenvalue weighted by Gasteiger charge is -2.39. The Bertz CT molecular complexity index is 694. The van der Waals surface area contributed by atoms with E-state index >= 15 is 0 Å². The van der Waals surface area contributed by atoms with Crippen LogP contribution in [-0.2, 0) is 14.2 Å². The zero-order chi connectivity index (χ0) is 20.9. The van der Waals surface area contributed by atoms with Gasteiger partial charge < -0.3 is 18.9 Å². The molecule has 0 bridgehead atoms. The number of benzene rings is 1. The monoisotopic (exact) mass is 414 g/mol. The highest BCUT2D eigenvalue weighted by atomic mass is 19.2. The third-order valence-corrected chi connectivity index (χ3v) is 5.31. The summed E-state index contributed by atoms with van der Waals surface area (Å²) in [4.78, 5) is 0. The van der Waals surface area contributed by atoms with Crippen molar-refractivity contribution in [3.05, 3.63) is 35.4 Å². The van der Waals surface area contributed by atoms with Gasteiger partial charge in [-0.15, -0.1) is 0 Å². The molecule has 2 aliphatic rings. The molecular weight excluding hydrogens is 385 g/mol. The minimum Gasteiger partial charge on any atom is -0.491 e. The molecule has 2 fully saturated rings. The van der Waals surface area contributed by atoms with Crippen molar-refractivity contribution in [2.75, 3.05) is 26.4 Å². The number of alkyl halides is 1. The van der Waals surface area contributed by atoms with Crippen LogP contribution in [0.5, 0.6) is 5.75 Å². The summed E-state index contributed by atoms with van der Waals surface area (Å²) in [5, 5.41) is 0. The zero-order valence-corrected chi connectivity index (χ0v) is 17.0. The number of hydrogen-bond donors (Lipinski definition) is 0. The van der Waals surface area contributed by atoms with Crippen LogP contribution in [0.15, 0.2) is 18.2 Å². The molecule has 0 N–H and O–H groups in total. The molecule has 2 saturated heterocycles. The van der Waals surface area contributed by atoms with Crippen molar-refractivity contribution >= 4 is 6.08 Å². The average Bonchev–Trinajstić information content (AvgIpc) is 2.72. The number of ether oxygens (including phenoxy) is 4. The molecule has 4 nitrogen and oxygen atoms in total. The maximum absolute atomic E-state index is 14.4. The van der Waals surface area contributed by atoms with E-state index in [0.29, 0.717) is 19.4 Å². The van der Waals surface area contributed by atoms with Crippen LogP contribution < -0.4 is 4.74 Å². The second-order valence-electron chi connectivity index (χ2n) is 7.67. The van der Waals surface area contributed by atoms with Gasteiger partial charge >= 0.3 is 0 Å². The molecule has 29 heavy (non-hydrogen) atoms. The minimum absolute atomic E-state index is 0.0329. The SMILES string of the molecule is CCCC1(F)COC(C2CCC(/C=C/c3ccc(OCC)c(F)c3F)OC2)OC1. The van der Waals surface area contributed by atoms with Gasteiger partial charge in [0.15, 0.2) is 23.5 Å². The Morgan fingerprint density at radius 3 is 2.48 bits per heavy atom. The highest BCUT2D eigenvalue weighted by Gasteiger charge is 2.40. The van der Waals surface area contributed by atoms with Gasteiger partial charge in [0.05, 0.1) is 32.5 Å². The molecule has 1 aromatic carbocycles. The summed E-state index contributed by atoms with van der Waals surface area (Å²) in [7, 11) is 0. The molecular formula is C22H29F3O4. The van der Waals surface area contributed by atoms with Gasteiger partial charge in [0, 0.05) is 11.5 Å². The molecule has 162 valence electrons. The highest BCUT2D eigenvalue weighted by molar-refractivity contribution is 5.52. The Morgan fingerprint density at radius 2 is 1.86 bits per heavy atom. The molecule has 2 unspecified atom stereocenters. The standard InChI is InChI=1S/C22H29F3O4/c1-3-11-22(25)13-28-21(29-14-22)16-6-9-17(27-12-16)8-5-15-7-10-18(26-4-2)20(24)19(15)23/h5,7-8,10,16-17,21H,3-4,6,9,11-14H2,1-2H3/b8-5+. The summed E-state index contributed by atoms with van der Waals surface area (Å²) in [5.74, 6) is -1.99. The minimum atomic E-state index is -1.40. The Labute approximate surface area is 170 Å². The van der Waals surface area contributed by atoms with Gasteiger partial charge in [0.25, 0.3) is 0 Å². The molecule has 2 heterocycles. The van der Waals surface area contributed by atoms with Crippen molar-refractivity contribution in [3.63, 3.8) is 0 Å². The predicted octanol–water partition coefficient (Wildman–Crippen LogP) is 5.05. The molecule has 7 heteroatoms. The Morgan fingerprint density at radius 1 is 1.10 bits per heavy atom. The summed E-state index contributed by atoms with van der Waals surface area (Å²) < 4.78 is 64.6. The summed E-state index contributed by atoms with van der Waals surface area (Å²) in [6, 6.07) is 2.90. The Kier molecular flexibility index (Phi) is 7.60. The summed E-state index contributed by atoms with van der Waals surface area (Å²) >= 11 is 0. The zero-order valence-electron chi connectivity index (χ0n) is 17.0. The second-order valence-corrected chi connectivity index (χ2v) is 7.67. The fourth-order valence-electron chi connectivity index (χ4n) is 3.73.